The summed E-state index contributed by atoms with van der Waals surface area (Å²) in [5.74, 6) is 0. The van der Waals surface area contributed by atoms with E-state index in [-0.39, 0.29) is 6.61 Å². The summed E-state index contributed by atoms with van der Waals surface area (Å²) >= 11 is 1.67. The molecule has 4 heteroatoms. The highest BCUT2D eigenvalue weighted by Crippen LogP contribution is 2.29. The molecule has 0 amide bonds. The van der Waals surface area contributed by atoms with Gasteiger partial charge < -0.3 is 10.4 Å². The first-order chi connectivity index (χ1) is 8.29. The molecule has 1 aromatic carbocycles. The number of thiophene rings is 1. The average molecular weight is 244 g/mol. The summed E-state index contributed by atoms with van der Waals surface area (Å²) in [5, 5.41) is 22.7. The van der Waals surface area contributed by atoms with E-state index in [1.54, 1.807) is 11.3 Å². The van der Waals surface area contributed by atoms with Gasteiger partial charge in [0.25, 0.3) is 0 Å². The van der Waals surface area contributed by atoms with Gasteiger partial charge in [-0.15, -0.1) is 11.3 Å². The lowest BCUT2D eigenvalue weighted by atomic mass is 10.0. The van der Waals surface area contributed by atoms with Gasteiger partial charge in [-0.25, -0.2) is 0 Å². The van der Waals surface area contributed by atoms with E-state index in [1.807, 2.05) is 29.6 Å². The number of benzene rings is 1. The quantitative estimate of drug-likeness (QED) is 0.722. The molecule has 0 unspecified atom stereocenters. The molecule has 1 aliphatic heterocycles. The number of hydrogen-bond acceptors (Lipinski definition) is 4. The molecule has 0 atom stereocenters. The van der Waals surface area contributed by atoms with Crippen molar-refractivity contribution >= 4 is 22.7 Å². The molecule has 86 valence electrons. The molecule has 3 N–H and O–H groups in total. The average Bonchev–Trinajstić information content (AvgIpc) is 2.79. The summed E-state index contributed by atoms with van der Waals surface area (Å²) in [7, 11) is 0. The van der Waals surface area contributed by atoms with Crippen LogP contribution in [0.5, 0.6) is 0 Å². The molecule has 1 aromatic heterocycles. The summed E-state index contributed by atoms with van der Waals surface area (Å²) in [6.07, 6.45) is 0. The van der Waals surface area contributed by atoms with Crippen LogP contribution in [0, 0.1) is 5.41 Å². The highest BCUT2D eigenvalue weighted by atomic mass is 32.1. The minimum atomic E-state index is 0.0318. The van der Waals surface area contributed by atoms with Crippen molar-refractivity contribution < 1.29 is 5.11 Å². The number of aliphatic hydroxyl groups is 1. The Balaban J connectivity index is 2.14. The van der Waals surface area contributed by atoms with E-state index in [0.717, 1.165) is 28.9 Å². The maximum absolute atomic E-state index is 9.13. The van der Waals surface area contributed by atoms with Gasteiger partial charge in [-0.2, -0.15) is 0 Å². The molecule has 2 heterocycles. The summed E-state index contributed by atoms with van der Waals surface area (Å²) in [6, 6.07) is 7.69. The lowest BCUT2D eigenvalue weighted by molar-refractivity contribution is 0.282. The maximum Gasteiger partial charge on any atom is 0.0717 e. The molecule has 3 rings (SSSR count). The molecular weight excluding hydrogens is 232 g/mol. The number of rotatable bonds is 1. The zero-order valence-electron chi connectivity index (χ0n) is 9.16. The molecule has 0 saturated heterocycles. The second-order valence-corrected chi connectivity index (χ2v) is 5.02. The monoisotopic (exact) mass is 244 g/mol. The highest BCUT2D eigenvalue weighted by Gasteiger charge is 2.18. The van der Waals surface area contributed by atoms with Crippen molar-refractivity contribution in [1.29, 1.82) is 5.41 Å². The van der Waals surface area contributed by atoms with Crippen LogP contribution in [-0.2, 0) is 13.2 Å². The number of anilines is 1. The van der Waals surface area contributed by atoms with Gasteiger partial charge in [-0.3, -0.25) is 5.41 Å². The van der Waals surface area contributed by atoms with E-state index >= 15 is 0 Å². The van der Waals surface area contributed by atoms with Crippen molar-refractivity contribution in [3.8, 4) is 0 Å². The molecular formula is C13H12N2OS. The largest absolute Gasteiger partial charge is 0.392 e. The van der Waals surface area contributed by atoms with Crippen LogP contribution in [0.1, 0.15) is 21.6 Å². The van der Waals surface area contributed by atoms with Crippen molar-refractivity contribution in [2.24, 2.45) is 0 Å². The number of nitrogens with one attached hydrogen (secondary N) is 2. The first kappa shape index (κ1) is 10.5. The number of aliphatic hydroxyl groups excluding tert-OH is 1. The van der Waals surface area contributed by atoms with Crippen LogP contribution in [0.3, 0.4) is 0 Å². The van der Waals surface area contributed by atoms with Gasteiger partial charge in [-0.1, -0.05) is 12.1 Å². The highest BCUT2D eigenvalue weighted by molar-refractivity contribution is 7.10. The fourth-order valence-corrected chi connectivity index (χ4v) is 2.90. The van der Waals surface area contributed by atoms with E-state index in [0.29, 0.717) is 5.71 Å². The van der Waals surface area contributed by atoms with Crippen LogP contribution in [0.25, 0.3) is 0 Å². The van der Waals surface area contributed by atoms with Crippen LogP contribution in [0.2, 0.25) is 0 Å². The molecule has 17 heavy (non-hydrogen) atoms. The van der Waals surface area contributed by atoms with Gasteiger partial charge in [0, 0.05) is 21.7 Å². The van der Waals surface area contributed by atoms with Crippen molar-refractivity contribution in [2.45, 2.75) is 13.2 Å². The lowest BCUT2D eigenvalue weighted by Crippen LogP contribution is -2.02. The number of hydrogen-bond donors (Lipinski definition) is 3. The van der Waals surface area contributed by atoms with Crippen LogP contribution < -0.4 is 5.32 Å². The Hall–Kier alpha value is -1.65. The Morgan fingerprint density at radius 1 is 1.29 bits per heavy atom. The Morgan fingerprint density at radius 3 is 3.00 bits per heavy atom. The molecule has 3 nitrogen and oxygen atoms in total. The zero-order chi connectivity index (χ0) is 11.8. The van der Waals surface area contributed by atoms with Crippen molar-refractivity contribution in [3.63, 3.8) is 0 Å². The second-order valence-electron chi connectivity index (χ2n) is 4.02. The van der Waals surface area contributed by atoms with E-state index in [1.165, 1.54) is 4.88 Å². The fraction of sp³-hybridized carbons (Fsp3) is 0.154. The zero-order valence-corrected chi connectivity index (χ0v) is 9.97. The van der Waals surface area contributed by atoms with Gasteiger partial charge in [0.15, 0.2) is 0 Å². The summed E-state index contributed by atoms with van der Waals surface area (Å²) in [4.78, 5) is 1.19. The minimum Gasteiger partial charge on any atom is -0.392 e. The van der Waals surface area contributed by atoms with Crippen LogP contribution >= 0.6 is 11.3 Å². The lowest BCUT2D eigenvalue weighted by Gasteiger charge is -2.09. The Kier molecular flexibility index (Phi) is 2.46. The molecule has 0 aliphatic carbocycles. The van der Waals surface area contributed by atoms with Crippen LogP contribution in [0.15, 0.2) is 29.6 Å². The predicted octanol–water partition coefficient (Wildman–Crippen LogP) is 2.58. The number of fused-ring (bicyclic) bond motifs is 2. The normalized spacial score (nSPS) is 13.6. The van der Waals surface area contributed by atoms with Crippen LogP contribution in [0.4, 0.5) is 5.69 Å². The fourth-order valence-electron chi connectivity index (χ4n) is 2.07. The van der Waals surface area contributed by atoms with Crippen molar-refractivity contribution in [2.75, 3.05) is 5.32 Å². The molecule has 0 bridgehead atoms. The first-order valence-electron chi connectivity index (χ1n) is 5.43. The van der Waals surface area contributed by atoms with Gasteiger partial charge >= 0.3 is 0 Å². The summed E-state index contributed by atoms with van der Waals surface area (Å²) in [6.45, 7) is 0.779. The topological polar surface area (TPSA) is 56.1 Å². The van der Waals surface area contributed by atoms with Crippen molar-refractivity contribution in [1.82, 2.24) is 0 Å². The van der Waals surface area contributed by atoms with Gasteiger partial charge in [0.05, 0.1) is 18.9 Å². The van der Waals surface area contributed by atoms with E-state index < -0.39 is 0 Å². The SMILES string of the molecule is N=C1c2ccc(CO)cc2NCc2sccc21. The van der Waals surface area contributed by atoms with E-state index in [4.69, 9.17) is 10.5 Å². The molecule has 0 saturated carbocycles. The predicted molar refractivity (Wildman–Crippen MR) is 69.9 cm³/mol. The third kappa shape index (κ3) is 1.66. The maximum atomic E-state index is 9.13. The standard InChI is InChI=1S/C13H12N2OS/c14-13-9-2-1-8(7-16)5-11(9)15-6-12-10(13)3-4-17-12/h1-5,14-16H,6-7H2. The van der Waals surface area contributed by atoms with Crippen LogP contribution in [-0.4, -0.2) is 10.8 Å². The minimum absolute atomic E-state index is 0.0318. The Morgan fingerprint density at radius 2 is 2.18 bits per heavy atom. The van der Waals surface area contributed by atoms with Gasteiger partial charge in [0.2, 0.25) is 0 Å². The summed E-state index contributed by atoms with van der Waals surface area (Å²) < 4.78 is 0. The van der Waals surface area contributed by atoms with Gasteiger partial charge in [-0.05, 0) is 23.1 Å². The smallest absolute Gasteiger partial charge is 0.0717 e. The first-order valence-corrected chi connectivity index (χ1v) is 6.31. The molecule has 1 aliphatic rings. The third-order valence-corrected chi connectivity index (χ3v) is 3.91. The molecule has 2 aromatic rings. The Bertz CT molecular complexity index is 589. The van der Waals surface area contributed by atoms with E-state index in [2.05, 4.69) is 5.32 Å². The molecule has 0 spiro atoms. The summed E-state index contributed by atoms with van der Waals surface area (Å²) in [5.41, 5.74) is 4.28. The van der Waals surface area contributed by atoms with Gasteiger partial charge in [0.1, 0.15) is 0 Å². The van der Waals surface area contributed by atoms with Crippen molar-refractivity contribution in [3.05, 3.63) is 51.2 Å². The third-order valence-electron chi connectivity index (χ3n) is 2.99. The van der Waals surface area contributed by atoms with E-state index in [9.17, 15) is 0 Å². The molecule has 0 fully saturated rings. The second kappa shape index (κ2) is 3.98. The molecule has 0 radical (unpaired) electrons. The Labute approximate surface area is 103 Å².